The van der Waals surface area contributed by atoms with Crippen molar-refractivity contribution in [1.29, 1.82) is 0 Å². The van der Waals surface area contributed by atoms with Crippen LogP contribution in [-0.2, 0) is 4.79 Å². The fraction of sp³-hybridized carbons (Fsp3) is 0.375. The molecule has 20 heavy (non-hydrogen) atoms. The van der Waals surface area contributed by atoms with Gasteiger partial charge in [-0.3, -0.25) is 9.59 Å². The van der Waals surface area contributed by atoms with E-state index in [9.17, 15) is 9.59 Å². The van der Waals surface area contributed by atoms with Crippen LogP contribution in [0.5, 0.6) is 0 Å². The number of benzene rings is 1. The Morgan fingerprint density at radius 3 is 2.60 bits per heavy atom. The van der Waals surface area contributed by atoms with E-state index in [0.717, 1.165) is 25.8 Å². The fourth-order valence-corrected chi connectivity index (χ4v) is 1.81. The zero-order chi connectivity index (χ0) is 14.8. The molecule has 0 aromatic heterocycles. The van der Waals surface area contributed by atoms with Gasteiger partial charge in [0.25, 0.3) is 0 Å². The molecule has 0 bridgehead atoms. The zero-order valence-electron chi connectivity index (χ0n) is 11.8. The SMILES string of the molecule is CCCC=CCCNc1ccccc1C(=O)CC(=O)O. The van der Waals surface area contributed by atoms with Gasteiger partial charge in [-0.05, 0) is 25.0 Å². The van der Waals surface area contributed by atoms with Crippen LogP contribution in [-0.4, -0.2) is 23.4 Å². The summed E-state index contributed by atoms with van der Waals surface area (Å²) >= 11 is 0. The van der Waals surface area contributed by atoms with Crippen LogP contribution >= 0.6 is 0 Å². The smallest absolute Gasteiger partial charge is 0.311 e. The molecule has 1 rings (SSSR count). The minimum Gasteiger partial charge on any atom is -0.481 e. The van der Waals surface area contributed by atoms with E-state index in [1.807, 2.05) is 6.07 Å². The second-order valence-electron chi connectivity index (χ2n) is 4.51. The van der Waals surface area contributed by atoms with Gasteiger partial charge in [0, 0.05) is 17.8 Å². The number of anilines is 1. The maximum absolute atomic E-state index is 11.8. The number of ketones is 1. The summed E-state index contributed by atoms with van der Waals surface area (Å²) in [7, 11) is 0. The highest BCUT2D eigenvalue weighted by atomic mass is 16.4. The number of carbonyl (C=O) groups excluding carboxylic acids is 1. The van der Waals surface area contributed by atoms with E-state index < -0.39 is 12.4 Å². The highest BCUT2D eigenvalue weighted by Crippen LogP contribution is 2.17. The predicted molar refractivity (Wildman–Crippen MR) is 80.2 cm³/mol. The molecule has 0 aliphatic rings. The molecule has 1 aromatic rings. The number of carbonyl (C=O) groups is 2. The molecule has 0 amide bonds. The monoisotopic (exact) mass is 275 g/mol. The van der Waals surface area contributed by atoms with Gasteiger partial charge in [0.1, 0.15) is 6.42 Å². The van der Waals surface area contributed by atoms with E-state index in [1.165, 1.54) is 0 Å². The number of nitrogens with one attached hydrogen (secondary N) is 1. The molecule has 0 aliphatic heterocycles. The standard InChI is InChI=1S/C16H21NO3/c1-2-3-4-5-8-11-17-14-10-7-6-9-13(14)15(18)12-16(19)20/h4-7,9-10,17H,2-3,8,11-12H2,1H3,(H,19,20). The lowest BCUT2D eigenvalue weighted by Gasteiger charge is -2.09. The van der Waals surface area contributed by atoms with E-state index >= 15 is 0 Å². The third kappa shape index (κ3) is 5.69. The Bertz CT molecular complexity index is 480. The van der Waals surface area contributed by atoms with Crippen LogP contribution in [0.15, 0.2) is 36.4 Å². The summed E-state index contributed by atoms with van der Waals surface area (Å²) in [6, 6.07) is 7.01. The van der Waals surface area contributed by atoms with Crippen LogP contribution in [0, 0.1) is 0 Å². The van der Waals surface area contributed by atoms with Crippen molar-refractivity contribution in [1.82, 2.24) is 0 Å². The average Bonchev–Trinajstić information content (AvgIpc) is 2.42. The number of hydrogen-bond donors (Lipinski definition) is 2. The molecule has 1 aromatic carbocycles. The molecule has 4 nitrogen and oxygen atoms in total. The molecule has 0 spiro atoms. The maximum atomic E-state index is 11.8. The van der Waals surface area contributed by atoms with Crippen molar-refractivity contribution in [2.75, 3.05) is 11.9 Å². The van der Waals surface area contributed by atoms with E-state index in [0.29, 0.717) is 11.3 Å². The Morgan fingerprint density at radius 2 is 1.90 bits per heavy atom. The van der Waals surface area contributed by atoms with Crippen LogP contribution in [0.2, 0.25) is 0 Å². The lowest BCUT2D eigenvalue weighted by atomic mass is 10.1. The van der Waals surface area contributed by atoms with Gasteiger partial charge in [0.05, 0.1) is 0 Å². The van der Waals surface area contributed by atoms with E-state index in [1.54, 1.807) is 18.2 Å². The molecule has 0 atom stereocenters. The number of Topliss-reactive ketones (excluding diaryl/α,β-unsaturated/α-hetero) is 1. The number of unbranched alkanes of at least 4 members (excludes halogenated alkanes) is 1. The second kappa shape index (κ2) is 8.91. The van der Waals surface area contributed by atoms with Crippen molar-refractivity contribution in [3.05, 3.63) is 42.0 Å². The molecule has 0 saturated carbocycles. The number of carboxylic acids is 1. The van der Waals surface area contributed by atoms with Crippen molar-refractivity contribution in [3.8, 4) is 0 Å². The van der Waals surface area contributed by atoms with Gasteiger partial charge in [-0.1, -0.05) is 37.6 Å². The highest BCUT2D eigenvalue weighted by molar-refractivity contribution is 6.08. The first-order chi connectivity index (χ1) is 9.65. The van der Waals surface area contributed by atoms with Crippen LogP contribution < -0.4 is 5.32 Å². The summed E-state index contributed by atoms with van der Waals surface area (Å²) in [6.07, 6.45) is 6.86. The van der Waals surface area contributed by atoms with E-state index in [-0.39, 0.29) is 5.78 Å². The number of allylic oxidation sites excluding steroid dienone is 1. The molecule has 0 saturated heterocycles. The van der Waals surface area contributed by atoms with Gasteiger partial charge in [0.2, 0.25) is 0 Å². The minimum atomic E-state index is -1.10. The van der Waals surface area contributed by atoms with E-state index in [4.69, 9.17) is 5.11 Å². The topological polar surface area (TPSA) is 66.4 Å². The van der Waals surface area contributed by atoms with Crippen molar-refractivity contribution >= 4 is 17.4 Å². The first-order valence-electron chi connectivity index (χ1n) is 6.88. The third-order valence-corrected chi connectivity index (χ3v) is 2.79. The van der Waals surface area contributed by atoms with Gasteiger partial charge in [-0.2, -0.15) is 0 Å². The van der Waals surface area contributed by atoms with Crippen molar-refractivity contribution in [3.63, 3.8) is 0 Å². The summed E-state index contributed by atoms with van der Waals surface area (Å²) in [5.74, 6) is -1.48. The minimum absolute atomic E-state index is 0.373. The molecular weight excluding hydrogens is 254 g/mol. The Balaban J connectivity index is 2.57. The van der Waals surface area contributed by atoms with Crippen molar-refractivity contribution in [2.24, 2.45) is 0 Å². The van der Waals surface area contributed by atoms with Gasteiger partial charge >= 0.3 is 5.97 Å². The Hall–Kier alpha value is -2.10. The lowest BCUT2D eigenvalue weighted by molar-refractivity contribution is -0.135. The first-order valence-corrected chi connectivity index (χ1v) is 6.88. The summed E-state index contributed by atoms with van der Waals surface area (Å²) in [5.41, 5.74) is 1.13. The Kier molecular flexibility index (Phi) is 7.11. The summed E-state index contributed by atoms with van der Waals surface area (Å²) in [6.45, 7) is 2.85. The van der Waals surface area contributed by atoms with Crippen LogP contribution in [0.1, 0.15) is 43.0 Å². The van der Waals surface area contributed by atoms with Crippen molar-refractivity contribution < 1.29 is 14.7 Å². The number of carboxylic acid groups (broad SMARTS) is 1. The molecule has 2 N–H and O–H groups in total. The number of aliphatic carboxylic acids is 1. The van der Waals surface area contributed by atoms with Gasteiger partial charge in [-0.15, -0.1) is 0 Å². The number of hydrogen-bond acceptors (Lipinski definition) is 3. The Labute approximate surface area is 119 Å². The lowest BCUT2D eigenvalue weighted by Crippen LogP contribution is -2.11. The molecule has 0 aliphatic carbocycles. The highest BCUT2D eigenvalue weighted by Gasteiger charge is 2.13. The predicted octanol–water partition coefficient (Wildman–Crippen LogP) is 3.50. The van der Waals surface area contributed by atoms with Gasteiger partial charge < -0.3 is 10.4 Å². The second-order valence-corrected chi connectivity index (χ2v) is 4.51. The molecule has 108 valence electrons. The van der Waals surface area contributed by atoms with Crippen LogP contribution in [0.3, 0.4) is 0 Å². The van der Waals surface area contributed by atoms with Crippen molar-refractivity contribution in [2.45, 2.75) is 32.6 Å². The fourth-order valence-electron chi connectivity index (χ4n) is 1.81. The van der Waals surface area contributed by atoms with Gasteiger partial charge in [-0.25, -0.2) is 0 Å². The molecule has 4 heteroatoms. The largest absolute Gasteiger partial charge is 0.481 e. The Morgan fingerprint density at radius 1 is 1.20 bits per heavy atom. The van der Waals surface area contributed by atoms with Crippen LogP contribution in [0.25, 0.3) is 0 Å². The summed E-state index contributed by atoms with van der Waals surface area (Å²) in [5, 5.41) is 11.9. The molecule has 0 unspecified atom stereocenters. The molecule has 0 heterocycles. The summed E-state index contributed by atoms with van der Waals surface area (Å²) in [4.78, 5) is 22.4. The van der Waals surface area contributed by atoms with Gasteiger partial charge in [0.15, 0.2) is 5.78 Å². The van der Waals surface area contributed by atoms with Crippen LogP contribution in [0.4, 0.5) is 5.69 Å². The first kappa shape index (κ1) is 16.0. The molecule has 0 radical (unpaired) electrons. The molecular formula is C16H21NO3. The van der Waals surface area contributed by atoms with E-state index in [2.05, 4.69) is 24.4 Å². The summed E-state index contributed by atoms with van der Waals surface area (Å²) < 4.78 is 0. The average molecular weight is 275 g/mol. The maximum Gasteiger partial charge on any atom is 0.311 e. The molecule has 0 fully saturated rings. The quantitative estimate of drug-likeness (QED) is 0.313. The number of rotatable bonds is 9. The zero-order valence-corrected chi connectivity index (χ0v) is 11.8. The normalized spacial score (nSPS) is 10.7. The number of para-hydroxylation sites is 1. The third-order valence-electron chi connectivity index (χ3n) is 2.79.